The Labute approximate surface area is 177 Å². The minimum absolute atomic E-state index is 0.226. The van der Waals surface area contributed by atoms with Gasteiger partial charge in [-0.25, -0.2) is 0 Å². The molecule has 2 heterocycles. The minimum atomic E-state index is -0.323. The van der Waals surface area contributed by atoms with Gasteiger partial charge in [-0.3, -0.25) is 14.5 Å². The van der Waals surface area contributed by atoms with Crippen LogP contribution in [0.2, 0.25) is 0 Å². The molecule has 2 aliphatic rings. The van der Waals surface area contributed by atoms with E-state index in [1.165, 1.54) is 29.8 Å². The van der Waals surface area contributed by atoms with Crippen LogP contribution < -0.4 is 10.2 Å². The third-order valence-corrected chi connectivity index (χ3v) is 5.61. The molecule has 0 saturated carbocycles. The molecular weight excluding hydrogens is 378 g/mol. The Hall–Kier alpha value is -3.12. The molecule has 2 aromatic rings. The summed E-state index contributed by atoms with van der Waals surface area (Å²) in [5, 5.41) is 3.21. The van der Waals surface area contributed by atoms with Gasteiger partial charge in [0.05, 0.1) is 18.7 Å². The summed E-state index contributed by atoms with van der Waals surface area (Å²) in [7, 11) is 1.56. The average molecular weight is 405 g/mol. The van der Waals surface area contributed by atoms with Crippen molar-refractivity contribution in [3.8, 4) is 0 Å². The van der Waals surface area contributed by atoms with Gasteiger partial charge in [-0.05, 0) is 49.1 Å². The molecule has 1 N–H and O–H groups in total. The van der Waals surface area contributed by atoms with E-state index in [0.717, 1.165) is 24.3 Å². The molecule has 6 heteroatoms. The number of hydrogen-bond donors (Lipinski definition) is 1. The second-order valence-electron chi connectivity index (χ2n) is 7.59. The number of rotatable bonds is 7. The molecule has 0 unspecified atom stereocenters. The van der Waals surface area contributed by atoms with Crippen molar-refractivity contribution in [1.29, 1.82) is 0 Å². The molecule has 2 aliphatic heterocycles. The number of imide groups is 1. The van der Waals surface area contributed by atoms with Gasteiger partial charge in [-0.2, -0.15) is 0 Å². The summed E-state index contributed by atoms with van der Waals surface area (Å²) in [5.74, 6) is -0.619. The standard InChI is InChI=1S/C24H27N3O3/c1-30-17-16-27-23(28)21(18-8-4-2-5-9-18)22(24(27)29)25-19-10-12-20(13-11-19)26-14-6-3-7-15-26/h2,4-5,8-13,25H,3,6-7,14-17H2,1H3. The summed E-state index contributed by atoms with van der Waals surface area (Å²) in [6.07, 6.45) is 3.74. The zero-order chi connectivity index (χ0) is 20.9. The van der Waals surface area contributed by atoms with Crippen LogP contribution in [-0.4, -0.2) is 50.1 Å². The van der Waals surface area contributed by atoms with Crippen LogP contribution in [0.25, 0.3) is 5.57 Å². The maximum absolute atomic E-state index is 13.0. The molecule has 0 aliphatic carbocycles. The van der Waals surface area contributed by atoms with Crippen molar-refractivity contribution in [2.45, 2.75) is 19.3 Å². The minimum Gasteiger partial charge on any atom is -0.383 e. The topological polar surface area (TPSA) is 61.9 Å². The van der Waals surface area contributed by atoms with Crippen molar-refractivity contribution < 1.29 is 14.3 Å². The number of carbonyl (C=O) groups excluding carboxylic acids is 2. The number of carbonyl (C=O) groups is 2. The van der Waals surface area contributed by atoms with Gasteiger partial charge in [-0.15, -0.1) is 0 Å². The molecule has 2 aromatic carbocycles. The van der Waals surface area contributed by atoms with Gasteiger partial charge in [0, 0.05) is 31.6 Å². The van der Waals surface area contributed by atoms with Crippen molar-refractivity contribution in [3.63, 3.8) is 0 Å². The van der Waals surface area contributed by atoms with Crippen molar-refractivity contribution >= 4 is 28.8 Å². The number of amides is 2. The van der Waals surface area contributed by atoms with Crippen molar-refractivity contribution in [2.75, 3.05) is 43.6 Å². The van der Waals surface area contributed by atoms with E-state index in [4.69, 9.17) is 4.74 Å². The Morgan fingerprint density at radius 2 is 1.60 bits per heavy atom. The average Bonchev–Trinajstić information content (AvgIpc) is 3.03. The smallest absolute Gasteiger partial charge is 0.278 e. The van der Waals surface area contributed by atoms with Crippen molar-refractivity contribution in [3.05, 3.63) is 65.9 Å². The first-order valence-electron chi connectivity index (χ1n) is 10.5. The van der Waals surface area contributed by atoms with Gasteiger partial charge in [0.2, 0.25) is 0 Å². The number of ether oxygens (including phenoxy) is 1. The van der Waals surface area contributed by atoms with Crippen LogP contribution in [-0.2, 0) is 14.3 Å². The van der Waals surface area contributed by atoms with Crippen LogP contribution in [0, 0.1) is 0 Å². The molecule has 0 spiro atoms. The van der Waals surface area contributed by atoms with Crippen LogP contribution in [0.1, 0.15) is 24.8 Å². The molecule has 0 atom stereocenters. The fourth-order valence-corrected chi connectivity index (χ4v) is 4.00. The van der Waals surface area contributed by atoms with E-state index in [2.05, 4.69) is 22.3 Å². The largest absolute Gasteiger partial charge is 0.383 e. The Morgan fingerprint density at radius 3 is 2.27 bits per heavy atom. The normalized spacial score (nSPS) is 17.1. The highest BCUT2D eigenvalue weighted by molar-refractivity contribution is 6.36. The summed E-state index contributed by atoms with van der Waals surface area (Å²) in [4.78, 5) is 29.7. The highest BCUT2D eigenvalue weighted by atomic mass is 16.5. The summed E-state index contributed by atoms with van der Waals surface area (Å²) in [6.45, 7) is 2.69. The number of benzene rings is 2. The van der Waals surface area contributed by atoms with E-state index in [9.17, 15) is 9.59 Å². The van der Waals surface area contributed by atoms with E-state index in [1.807, 2.05) is 42.5 Å². The van der Waals surface area contributed by atoms with Gasteiger partial charge >= 0.3 is 0 Å². The first-order valence-corrected chi connectivity index (χ1v) is 10.5. The van der Waals surface area contributed by atoms with Gasteiger partial charge in [0.25, 0.3) is 11.8 Å². The number of hydrogen-bond acceptors (Lipinski definition) is 5. The van der Waals surface area contributed by atoms with Crippen LogP contribution in [0.3, 0.4) is 0 Å². The lowest BCUT2D eigenvalue weighted by Crippen LogP contribution is -2.35. The van der Waals surface area contributed by atoms with E-state index < -0.39 is 0 Å². The molecule has 2 amide bonds. The predicted molar refractivity (Wildman–Crippen MR) is 118 cm³/mol. The number of nitrogens with one attached hydrogen (secondary N) is 1. The molecule has 0 radical (unpaired) electrons. The molecule has 1 fully saturated rings. The van der Waals surface area contributed by atoms with Crippen LogP contribution in [0.4, 0.5) is 11.4 Å². The lowest BCUT2D eigenvalue weighted by atomic mass is 10.0. The Balaban J connectivity index is 1.61. The van der Waals surface area contributed by atoms with E-state index in [0.29, 0.717) is 17.9 Å². The van der Waals surface area contributed by atoms with Crippen molar-refractivity contribution in [2.24, 2.45) is 0 Å². The van der Waals surface area contributed by atoms with Gasteiger partial charge < -0.3 is 15.0 Å². The molecule has 0 aromatic heterocycles. The molecule has 1 saturated heterocycles. The second-order valence-corrected chi connectivity index (χ2v) is 7.59. The first-order chi connectivity index (χ1) is 14.7. The Morgan fingerprint density at radius 1 is 0.900 bits per heavy atom. The second kappa shape index (κ2) is 9.13. The first kappa shape index (κ1) is 20.2. The molecule has 30 heavy (non-hydrogen) atoms. The van der Waals surface area contributed by atoms with Crippen LogP contribution in [0.15, 0.2) is 60.3 Å². The summed E-state index contributed by atoms with van der Waals surface area (Å²) in [6, 6.07) is 17.4. The van der Waals surface area contributed by atoms with E-state index in [-0.39, 0.29) is 18.4 Å². The number of nitrogens with zero attached hydrogens (tertiary/aromatic N) is 2. The van der Waals surface area contributed by atoms with Crippen LogP contribution in [0.5, 0.6) is 0 Å². The Bertz CT molecular complexity index is 932. The van der Waals surface area contributed by atoms with E-state index >= 15 is 0 Å². The molecule has 0 bridgehead atoms. The fourth-order valence-electron chi connectivity index (χ4n) is 4.00. The maximum atomic E-state index is 13.0. The highest BCUT2D eigenvalue weighted by Gasteiger charge is 2.38. The summed E-state index contributed by atoms with van der Waals surface area (Å²) in [5.41, 5.74) is 3.41. The van der Waals surface area contributed by atoms with Crippen molar-refractivity contribution in [1.82, 2.24) is 4.90 Å². The number of methoxy groups -OCH3 is 1. The van der Waals surface area contributed by atoms with Gasteiger partial charge in [0.15, 0.2) is 0 Å². The lowest BCUT2D eigenvalue weighted by Gasteiger charge is -2.28. The number of piperidine rings is 1. The number of anilines is 2. The zero-order valence-electron chi connectivity index (χ0n) is 17.3. The molecule has 156 valence electrons. The molecule has 6 nitrogen and oxygen atoms in total. The van der Waals surface area contributed by atoms with Gasteiger partial charge in [0.1, 0.15) is 5.70 Å². The third kappa shape index (κ3) is 4.09. The fraction of sp³-hybridized carbons (Fsp3) is 0.333. The van der Waals surface area contributed by atoms with E-state index in [1.54, 1.807) is 7.11 Å². The Kier molecular flexibility index (Phi) is 6.14. The highest BCUT2D eigenvalue weighted by Crippen LogP contribution is 2.31. The van der Waals surface area contributed by atoms with Gasteiger partial charge in [-0.1, -0.05) is 30.3 Å². The molecule has 4 rings (SSSR count). The quantitative estimate of drug-likeness (QED) is 0.715. The molecular formula is C24H27N3O3. The predicted octanol–water partition coefficient (Wildman–Crippen LogP) is 3.52. The third-order valence-electron chi connectivity index (χ3n) is 5.61. The lowest BCUT2D eigenvalue weighted by molar-refractivity contribution is -0.137. The van der Waals surface area contributed by atoms with Crippen LogP contribution >= 0.6 is 0 Å². The monoisotopic (exact) mass is 405 g/mol. The summed E-state index contributed by atoms with van der Waals surface area (Å²) >= 11 is 0. The maximum Gasteiger partial charge on any atom is 0.278 e. The SMILES string of the molecule is COCCN1C(=O)C(Nc2ccc(N3CCCCC3)cc2)=C(c2ccccc2)C1=O. The summed E-state index contributed by atoms with van der Waals surface area (Å²) < 4.78 is 5.08. The zero-order valence-corrected chi connectivity index (χ0v) is 17.3.